The van der Waals surface area contributed by atoms with E-state index >= 15 is 0 Å². The molecule has 0 radical (unpaired) electrons. The van der Waals surface area contributed by atoms with Crippen molar-refractivity contribution in [3.05, 3.63) is 58.6 Å². The summed E-state index contributed by atoms with van der Waals surface area (Å²) < 4.78 is 24.5. The lowest BCUT2D eigenvalue weighted by molar-refractivity contribution is 0.102. The summed E-state index contributed by atoms with van der Waals surface area (Å²) in [4.78, 5) is 12.5. The van der Waals surface area contributed by atoms with Crippen molar-refractivity contribution in [1.82, 2.24) is 0 Å². The van der Waals surface area contributed by atoms with Gasteiger partial charge in [-0.25, -0.2) is 0 Å². The Morgan fingerprint density at radius 3 is 2.43 bits per heavy atom. The Bertz CT molecular complexity index is 626. The monoisotopic (exact) mass is 327 g/mol. The van der Waals surface area contributed by atoms with Gasteiger partial charge in [-0.15, -0.1) is 0 Å². The summed E-state index contributed by atoms with van der Waals surface area (Å²) >= 11 is 6.48. The minimum atomic E-state index is -2.48. The minimum Gasteiger partial charge on any atom is -0.320 e. The quantitative estimate of drug-likeness (QED) is 0.780. The first-order valence-electron chi connectivity index (χ1n) is 6.08. The third kappa shape index (κ3) is 4.19. The summed E-state index contributed by atoms with van der Waals surface area (Å²) in [6.45, 7) is 1.84. The molecule has 2 aromatic rings. The number of aryl methyl sites for hydroxylation is 1. The molecule has 0 aliphatic carbocycles. The molecular weight excluding hydrogens is 316 g/mol. The molecule has 1 amide bonds. The maximum absolute atomic E-state index is 12.2. The summed E-state index contributed by atoms with van der Waals surface area (Å²) in [6, 6.07) is 11.3. The first-order chi connectivity index (χ1) is 9.97. The standard InChI is InChI=1S/C15H12ClF2NOS/c1-9-3-2-4-12(16)13(9)19-14(20)10-5-7-11(8-6-10)21-15(17)18/h2-8,15H,1H3,(H,19,20). The lowest BCUT2D eigenvalue weighted by Crippen LogP contribution is -2.13. The second-order valence-corrected chi connectivity index (χ2v) is 5.76. The Balaban J connectivity index is 2.13. The van der Waals surface area contributed by atoms with E-state index in [4.69, 9.17) is 11.6 Å². The van der Waals surface area contributed by atoms with Gasteiger partial charge in [0, 0.05) is 10.5 Å². The van der Waals surface area contributed by atoms with Gasteiger partial charge in [-0.2, -0.15) is 8.78 Å². The number of para-hydroxylation sites is 1. The first-order valence-corrected chi connectivity index (χ1v) is 7.34. The predicted octanol–water partition coefficient (Wildman–Crippen LogP) is 5.22. The molecule has 2 nitrogen and oxygen atoms in total. The van der Waals surface area contributed by atoms with Gasteiger partial charge in [-0.3, -0.25) is 4.79 Å². The van der Waals surface area contributed by atoms with Gasteiger partial charge >= 0.3 is 0 Å². The van der Waals surface area contributed by atoms with Gasteiger partial charge in [0.15, 0.2) is 0 Å². The zero-order valence-electron chi connectivity index (χ0n) is 11.1. The molecule has 0 bridgehead atoms. The van der Waals surface area contributed by atoms with Crippen molar-refractivity contribution >= 4 is 35.0 Å². The zero-order valence-corrected chi connectivity index (χ0v) is 12.6. The van der Waals surface area contributed by atoms with Crippen molar-refractivity contribution < 1.29 is 13.6 Å². The second-order valence-electron chi connectivity index (χ2n) is 4.29. The largest absolute Gasteiger partial charge is 0.320 e. The summed E-state index contributed by atoms with van der Waals surface area (Å²) in [5, 5.41) is 3.18. The molecule has 110 valence electrons. The van der Waals surface area contributed by atoms with Crippen LogP contribution in [0.5, 0.6) is 0 Å². The number of alkyl halides is 2. The van der Waals surface area contributed by atoms with Crippen molar-refractivity contribution in [2.24, 2.45) is 0 Å². The Labute approximate surface area is 130 Å². The van der Waals surface area contributed by atoms with E-state index in [1.165, 1.54) is 24.3 Å². The third-order valence-corrected chi connectivity index (χ3v) is 3.84. The normalized spacial score (nSPS) is 10.7. The van der Waals surface area contributed by atoms with Crippen molar-refractivity contribution in [3.8, 4) is 0 Å². The SMILES string of the molecule is Cc1cccc(Cl)c1NC(=O)c1ccc(SC(F)F)cc1. The van der Waals surface area contributed by atoms with Gasteiger partial charge in [0.05, 0.1) is 10.7 Å². The number of carbonyl (C=O) groups excluding carboxylic acids is 1. The van der Waals surface area contributed by atoms with E-state index in [0.29, 0.717) is 32.9 Å². The second kappa shape index (κ2) is 6.91. The fourth-order valence-electron chi connectivity index (χ4n) is 1.76. The van der Waals surface area contributed by atoms with E-state index in [0.717, 1.165) is 5.56 Å². The fourth-order valence-corrected chi connectivity index (χ4v) is 2.53. The number of carbonyl (C=O) groups is 1. The molecule has 1 N–H and O–H groups in total. The number of nitrogens with one attached hydrogen (secondary N) is 1. The lowest BCUT2D eigenvalue weighted by Gasteiger charge is -2.10. The molecule has 0 aliphatic rings. The number of anilines is 1. The van der Waals surface area contributed by atoms with Crippen LogP contribution in [0.2, 0.25) is 5.02 Å². The minimum absolute atomic E-state index is 0.334. The van der Waals surface area contributed by atoms with E-state index in [1.54, 1.807) is 12.1 Å². The number of amides is 1. The molecule has 6 heteroatoms. The topological polar surface area (TPSA) is 29.1 Å². The van der Waals surface area contributed by atoms with Gasteiger partial charge in [0.25, 0.3) is 11.7 Å². The van der Waals surface area contributed by atoms with Crippen LogP contribution in [0.1, 0.15) is 15.9 Å². The van der Waals surface area contributed by atoms with Crippen LogP contribution < -0.4 is 5.32 Å². The molecule has 0 aliphatic heterocycles. The molecule has 2 rings (SSSR count). The molecule has 0 heterocycles. The highest BCUT2D eigenvalue weighted by molar-refractivity contribution is 7.99. The predicted molar refractivity (Wildman–Crippen MR) is 82.4 cm³/mol. The number of thioether (sulfide) groups is 1. The maximum atomic E-state index is 12.2. The summed E-state index contributed by atoms with van der Waals surface area (Å²) in [5.41, 5.74) is 1.78. The summed E-state index contributed by atoms with van der Waals surface area (Å²) in [6.07, 6.45) is 0. The van der Waals surface area contributed by atoms with Gasteiger partial charge in [-0.1, -0.05) is 35.5 Å². The summed E-state index contributed by atoms with van der Waals surface area (Å²) in [7, 11) is 0. The van der Waals surface area contributed by atoms with Crippen molar-refractivity contribution in [3.63, 3.8) is 0 Å². The molecule has 0 fully saturated rings. The number of hydrogen-bond acceptors (Lipinski definition) is 2. The molecule has 21 heavy (non-hydrogen) atoms. The number of rotatable bonds is 4. The lowest BCUT2D eigenvalue weighted by atomic mass is 10.1. The van der Waals surface area contributed by atoms with Gasteiger partial charge in [0.2, 0.25) is 0 Å². The number of halogens is 3. The van der Waals surface area contributed by atoms with Gasteiger partial charge < -0.3 is 5.32 Å². The van der Waals surface area contributed by atoms with E-state index in [9.17, 15) is 13.6 Å². The molecule has 0 unspecified atom stereocenters. The molecule has 0 saturated carbocycles. The maximum Gasteiger partial charge on any atom is 0.288 e. The Hall–Kier alpha value is -1.59. The fraction of sp³-hybridized carbons (Fsp3) is 0.133. The van der Waals surface area contributed by atoms with Crippen LogP contribution in [0.25, 0.3) is 0 Å². The van der Waals surface area contributed by atoms with Crippen LogP contribution in [-0.4, -0.2) is 11.7 Å². The van der Waals surface area contributed by atoms with E-state index in [2.05, 4.69) is 5.32 Å². The molecule has 0 atom stereocenters. The van der Waals surface area contributed by atoms with Crippen molar-refractivity contribution in [1.29, 1.82) is 0 Å². The van der Waals surface area contributed by atoms with E-state index < -0.39 is 5.76 Å². The zero-order chi connectivity index (χ0) is 15.4. The molecule has 2 aromatic carbocycles. The number of hydrogen-bond donors (Lipinski definition) is 1. The third-order valence-electron chi connectivity index (χ3n) is 2.80. The smallest absolute Gasteiger partial charge is 0.288 e. The van der Waals surface area contributed by atoms with E-state index in [1.807, 2.05) is 13.0 Å². The van der Waals surface area contributed by atoms with Crippen LogP contribution in [0.4, 0.5) is 14.5 Å². The van der Waals surface area contributed by atoms with Gasteiger partial charge in [-0.05, 0) is 42.8 Å². The van der Waals surface area contributed by atoms with Crippen LogP contribution in [0, 0.1) is 6.92 Å². The van der Waals surface area contributed by atoms with Crippen molar-refractivity contribution in [2.75, 3.05) is 5.32 Å². The average Bonchev–Trinajstić information content (AvgIpc) is 2.43. The Morgan fingerprint density at radius 1 is 1.19 bits per heavy atom. The van der Waals surface area contributed by atoms with Crippen LogP contribution in [0.15, 0.2) is 47.4 Å². The molecule has 0 saturated heterocycles. The van der Waals surface area contributed by atoms with E-state index in [-0.39, 0.29) is 5.91 Å². The van der Waals surface area contributed by atoms with Crippen LogP contribution in [0.3, 0.4) is 0 Å². The summed E-state index contributed by atoms with van der Waals surface area (Å²) in [5.74, 6) is -2.81. The Kier molecular flexibility index (Phi) is 5.20. The highest BCUT2D eigenvalue weighted by Crippen LogP contribution is 2.27. The highest BCUT2D eigenvalue weighted by Gasteiger charge is 2.11. The van der Waals surface area contributed by atoms with Crippen molar-refractivity contribution in [2.45, 2.75) is 17.6 Å². The first kappa shape index (κ1) is 15.8. The van der Waals surface area contributed by atoms with Gasteiger partial charge in [0.1, 0.15) is 0 Å². The molecule has 0 spiro atoms. The van der Waals surface area contributed by atoms with Crippen LogP contribution >= 0.6 is 23.4 Å². The Morgan fingerprint density at radius 2 is 1.86 bits per heavy atom. The number of benzene rings is 2. The average molecular weight is 328 g/mol. The highest BCUT2D eigenvalue weighted by atomic mass is 35.5. The molecule has 0 aromatic heterocycles. The van der Waals surface area contributed by atoms with Crippen LogP contribution in [-0.2, 0) is 0 Å². The molecular formula is C15H12ClF2NOS.